The zero-order chi connectivity index (χ0) is 13.0. The van der Waals surface area contributed by atoms with Crippen LogP contribution in [0.15, 0.2) is 36.5 Å². The van der Waals surface area contributed by atoms with E-state index >= 15 is 0 Å². The van der Waals surface area contributed by atoms with Crippen molar-refractivity contribution < 1.29 is 0 Å². The zero-order valence-electron chi connectivity index (χ0n) is 11.4. The molecule has 3 heteroatoms. The minimum absolute atomic E-state index is 0.448. The number of hydrogen-bond acceptors (Lipinski definition) is 2. The summed E-state index contributed by atoms with van der Waals surface area (Å²) < 4.78 is 1.91. The maximum atomic E-state index is 4.41. The molecule has 1 aromatic heterocycles. The molecule has 0 saturated heterocycles. The smallest absolute Gasteiger partial charge is 0.0645 e. The lowest BCUT2D eigenvalue weighted by Crippen LogP contribution is -2.19. The van der Waals surface area contributed by atoms with Gasteiger partial charge in [0.15, 0.2) is 0 Å². The Hall–Kier alpha value is -1.61. The van der Waals surface area contributed by atoms with Crippen molar-refractivity contribution in [2.45, 2.75) is 33.2 Å². The molecule has 0 bridgehead atoms. The van der Waals surface area contributed by atoms with Gasteiger partial charge in [0.05, 0.1) is 11.4 Å². The number of nitrogens with one attached hydrogen (secondary N) is 1. The minimum Gasteiger partial charge on any atom is -0.310 e. The summed E-state index contributed by atoms with van der Waals surface area (Å²) in [5.74, 6) is 0. The average molecular weight is 243 g/mol. The van der Waals surface area contributed by atoms with Gasteiger partial charge in [0.25, 0.3) is 0 Å². The predicted octanol–water partition coefficient (Wildman–Crippen LogP) is 3.24. The highest BCUT2D eigenvalue weighted by molar-refractivity contribution is 5.35. The van der Waals surface area contributed by atoms with E-state index in [4.69, 9.17) is 0 Å². The molecule has 1 N–H and O–H groups in total. The van der Waals surface area contributed by atoms with E-state index in [1.54, 1.807) is 0 Å². The first kappa shape index (κ1) is 12.8. The maximum absolute atomic E-state index is 4.41. The van der Waals surface area contributed by atoms with Gasteiger partial charge in [-0.05, 0) is 43.7 Å². The normalized spacial score (nSPS) is 12.6. The second kappa shape index (κ2) is 5.83. The fraction of sp³-hybridized carbons (Fsp3) is 0.400. The number of nitrogens with zero attached hydrogens (tertiary/aromatic N) is 2. The zero-order valence-corrected chi connectivity index (χ0v) is 11.4. The van der Waals surface area contributed by atoms with E-state index in [9.17, 15) is 0 Å². The third-order valence-electron chi connectivity index (χ3n) is 3.14. The molecule has 1 heterocycles. The van der Waals surface area contributed by atoms with Crippen molar-refractivity contribution in [2.75, 3.05) is 6.54 Å². The fourth-order valence-corrected chi connectivity index (χ4v) is 2.16. The molecule has 0 aliphatic rings. The van der Waals surface area contributed by atoms with Gasteiger partial charge in [-0.25, -0.2) is 4.68 Å². The van der Waals surface area contributed by atoms with Gasteiger partial charge in [0.2, 0.25) is 0 Å². The summed E-state index contributed by atoms with van der Waals surface area (Å²) in [7, 11) is 0. The molecule has 0 amide bonds. The third kappa shape index (κ3) is 2.79. The van der Waals surface area contributed by atoms with E-state index in [2.05, 4.69) is 48.5 Å². The molecule has 0 radical (unpaired) electrons. The first-order chi connectivity index (χ1) is 8.74. The van der Waals surface area contributed by atoms with Gasteiger partial charge in [0.1, 0.15) is 0 Å². The summed E-state index contributed by atoms with van der Waals surface area (Å²) in [6.45, 7) is 7.35. The van der Waals surface area contributed by atoms with Crippen LogP contribution in [0.3, 0.4) is 0 Å². The van der Waals surface area contributed by atoms with Gasteiger partial charge in [0, 0.05) is 12.2 Å². The average Bonchev–Trinajstić information content (AvgIpc) is 2.83. The van der Waals surface area contributed by atoms with E-state index in [1.165, 1.54) is 5.56 Å². The van der Waals surface area contributed by atoms with Crippen molar-refractivity contribution in [1.29, 1.82) is 0 Å². The van der Waals surface area contributed by atoms with Crippen LogP contribution in [-0.4, -0.2) is 16.3 Å². The highest BCUT2D eigenvalue weighted by Crippen LogP contribution is 2.18. The molecular weight excluding hydrogens is 222 g/mol. The molecule has 96 valence electrons. The van der Waals surface area contributed by atoms with Gasteiger partial charge in [-0.1, -0.05) is 26.0 Å². The number of rotatable bonds is 5. The molecule has 0 aliphatic carbocycles. The van der Waals surface area contributed by atoms with E-state index < -0.39 is 0 Å². The molecule has 2 aromatic rings. The van der Waals surface area contributed by atoms with Crippen LogP contribution in [0.5, 0.6) is 0 Å². The first-order valence-corrected chi connectivity index (χ1v) is 6.60. The van der Waals surface area contributed by atoms with Crippen molar-refractivity contribution in [3.05, 3.63) is 47.8 Å². The molecule has 1 atom stereocenters. The van der Waals surface area contributed by atoms with Crippen LogP contribution < -0.4 is 5.32 Å². The lowest BCUT2D eigenvalue weighted by atomic mass is 10.0. The summed E-state index contributed by atoms with van der Waals surface area (Å²) in [5.41, 5.74) is 3.49. The van der Waals surface area contributed by atoms with Gasteiger partial charge in [-0.3, -0.25) is 0 Å². The molecule has 1 aromatic carbocycles. The van der Waals surface area contributed by atoms with Crippen molar-refractivity contribution in [1.82, 2.24) is 15.1 Å². The summed E-state index contributed by atoms with van der Waals surface area (Å²) in [6, 6.07) is 11.1. The lowest BCUT2D eigenvalue weighted by molar-refractivity contribution is 0.537. The molecule has 0 saturated carbocycles. The highest BCUT2D eigenvalue weighted by Gasteiger charge is 2.07. The van der Waals surface area contributed by atoms with Crippen LogP contribution >= 0.6 is 0 Å². The lowest BCUT2D eigenvalue weighted by Gasteiger charge is -2.16. The quantitative estimate of drug-likeness (QED) is 0.873. The third-order valence-corrected chi connectivity index (χ3v) is 3.14. The van der Waals surface area contributed by atoms with E-state index in [-0.39, 0.29) is 0 Å². The standard InChI is InChI=1S/C15H21N3/c1-4-15(16-5-2)13-6-8-14(9-7-13)18-11-10-12(3)17-18/h6-11,15-16H,4-5H2,1-3H3. The second-order valence-electron chi connectivity index (χ2n) is 4.51. The second-order valence-corrected chi connectivity index (χ2v) is 4.51. The van der Waals surface area contributed by atoms with Crippen molar-refractivity contribution >= 4 is 0 Å². The Labute approximate surface area is 109 Å². The molecular formula is C15H21N3. The molecule has 1 unspecified atom stereocenters. The van der Waals surface area contributed by atoms with E-state index in [0.717, 1.165) is 24.3 Å². The Morgan fingerprint density at radius 1 is 1.17 bits per heavy atom. The molecule has 2 rings (SSSR count). The molecule has 0 aliphatic heterocycles. The Balaban J connectivity index is 2.19. The van der Waals surface area contributed by atoms with Gasteiger partial charge in [-0.2, -0.15) is 5.10 Å². The van der Waals surface area contributed by atoms with Crippen LogP contribution in [0.1, 0.15) is 37.6 Å². The van der Waals surface area contributed by atoms with Crippen LogP contribution in [-0.2, 0) is 0 Å². The largest absolute Gasteiger partial charge is 0.310 e. The molecule has 0 spiro atoms. The van der Waals surface area contributed by atoms with Crippen LogP contribution in [0, 0.1) is 6.92 Å². The van der Waals surface area contributed by atoms with Gasteiger partial charge >= 0.3 is 0 Å². The van der Waals surface area contributed by atoms with Crippen molar-refractivity contribution in [2.24, 2.45) is 0 Å². The van der Waals surface area contributed by atoms with Gasteiger partial charge < -0.3 is 5.32 Å². The number of benzene rings is 1. The Morgan fingerprint density at radius 3 is 2.39 bits per heavy atom. The molecule has 3 nitrogen and oxygen atoms in total. The minimum atomic E-state index is 0.448. The summed E-state index contributed by atoms with van der Waals surface area (Å²) >= 11 is 0. The van der Waals surface area contributed by atoms with E-state index in [1.807, 2.05) is 23.9 Å². The maximum Gasteiger partial charge on any atom is 0.0645 e. The topological polar surface area (TPSA) is 29.9 Å². The van der Waals surface area contributed by atoms with Crippen LogP contribution in [0.25, 0.3) is 5.69 Å². The first-order valence-electron chi connectivity index (χ1n) is 6.60. The van der Waals surface area contributed by atoms with E-state index in [0.29, 0.717) is 6.04 Å². The number of aryl methyl sites for hydroxylation is 1. The SMILES string of the molecule is CCNC(CC)c1ccc(-n2ccc(C)n2)cc1. The number of hydrogen-bond donors (Lipinski definition) is 1. The summed E-state index contributed by atoms with van der Waals surface area (Å²) in [6.07, 6.45) is 3.10. The molecule has 0 fully saturated rings. The van der Waals surface area contributed by atoms with Gasteiger partial charge in [-0.15, -0.1) is 0 Å². The predicted molar refractivity (Wildman–Crippen MR) is 75.0 cm³/mol. The Morgan fingerprint density at radius 2 is 1.89 bits per heavy atom. The fourth-order valence-electron chi connectivity index (χ4n) is 2.16. The monoisotopic (exact) mass is 243 g/mol. The summed E-state index contributed by atoms with van der Waals surface area (Å²) in [5, 5.41) is 7.90. The van der Waals surface area contributed by atoms with Crippen molar-refractivity contribution in [3.63, 3.8) is 0 Å². The number of aromatic nitrogens is 2. The molecule has 18 heavy (non-hydrogen) atoms. The Bertz CT molecular complexity index is 485. The van der Waals surface area contributed by atoms with Crippen LogP contribution in [0.4, 0.5) is 0 Å². The van der Waals surface area contributed by atoms with Crippen LogP contribution in [0.2, 0.25) is 0 Å². The highest BCUT2D eigenvalue weighted by atomic mass is 15.3. The van der Waals surface area contributed by atoms with Crippen molar-refractivity contribution in [3.8, 4) is 5.69 Å². The Kier molecular flexibility index (Phi) is 4.15. The summed E-state index contributed by atoms with van der Waals surface area (Å²) in [4.78, 5) is 0.